The van der Waals surface area contributed by atoms with Crippen molar-refractivity contribution in [2.75, 3.05) is 33.2 Å². The van der Waals surface area contributed by atoms with Crippen molar-refractivity contribution in [2.45, 2.75) is 38.9 Å². The van der Waals surface area contributed by atoms with Gasteiger partial charge in [0.2, 0.25) is 0 Å². The zero-order chi connectivity index (χ0) is 13.8. The van der Waals surface area contributed by atoms with E-state index in [2.05, 4.69) is 42.0 Å². The van der Waals surface area contributed by atoms with Gasteiger partial charge in [-0.05, 0) is 33.9 Å². The number of likely N-dealkylation sites (N-methyl/N-ethyl adjacent to an activating group) is 1. The van der Waals surface area contributed by atoms with Gasteiger partial charge in [0.1, 0.15) is 0 Å². The molecule has 0 spiro atoms. The average molecular weight is 265 g/mol. The normalized spacial score (nSPS) is 24.3. The smallest absolute Gasteiger partial charge is 0.0538 e. The molecule has 2 heterocycles. The highest BCUT2D eigenvalue weighted by molar-refractivity contribution is 5.12. The van der Waals surface area contributed by atoms with E-state index in [0.717, 1.165) is 19.6 Å². The first kappa shape index (κ1) is 14.5. The lowest BCUT2D eigenvalue weighted by molar-refractivity contribution is 0.146. The van der Waals surface area contributed by atoms with Crippen LogP contribution in [0.4, 0.5) is 0 Å². The van der Waals surface area contributed by atoms with E-state index in [4.69, 9.17) is 5.73 Å². The summed E-state index contributed by atoms with van der Waals surface area (Å²) in [6.07, 6.45) is 5.32. The first-order valence-electron chi connectivity index (χ1n) is 7.32. The zero-order valence-electron chi connectivity index (χ0n) is 12.4. The Balaban J connectivity index is 2.15. The Morgan fingerprint density at radius 2 is 2.26 bits per heavy atom. The van der Waals surface area contributed by atoms with Gasteiger partial charge >= 0.3 is 0 Å². The third-order valence-electron chi connectivity index (χ3n) is 4.08. The number of hydrogen-bond donors (Lipinski definition) is 1. The summed E-state index contributed by atoms with van der Waals surface area (Å²) in [4.78, 5) is 4.95. The molecule has 2 atom stereocenters. The van der Waals surface area contributed by atoms with Crippen molar-refractivity contribution in [3.63, 3.8) is 0 Å². The number of rotatable bonds is 4. The molecule has 19 heavy (non-hydrogen) atoms. The van der Waals surface area contributed by atoms with Crippen molar-refractivity contribution < 1.29 is 0 Å². The minimum atomic E-state index is 0.293. The van der Waals surface area contributed by atoms with Crippen LogP contribution < -0.4 is 5.73 Å². The van der Waals surface area contributed by atoms with Gasteiger partial charge in [0.15, 0.2) is 0 Å². The van der Waals surface area contributed by atoms with Gasteiger partial charge in [-0.15, -0.1) is 0 Å². The largest absolute Gasteiger partial charge is 0.329 e. The van der Waals surface area contributed by atoms with Crippen LogP contribution in [-0.2, 0) is 6.54 Å². The summed E-state index contributed by atoms with van der Waals surface area (Å²) in [7, 11) is 2.20. The molecule has 0 saturated carbocycles. The molecule has 2 unspecified atom stereocenters. The molecule has 1 aromatic rings. The lowest BCUT2D eigenvalue weighted by Crippen LogP contribution is -2.42. The van der Waals surface area contributed by atoms with Crippen LogP contribution >= 0.6 is 0 Å². The van der Waals surface area contributed by atoms with Gasteiger partial charge in [-0.2, -0.15) is 5.10 Å². The second kappa shape index (κ2) is 6.50. The fraction of sp³-hybridized carbons (Fsp3) is 0.786. The van der Waals surface area contributed by atoms with E-state index in [1.165, 1.54) is 18.5 Å². The van der Waals surface area contributed by atoms with Crippen LogP contribution in [0.1, 0.15) is 31.9 Å². The molecule has 1 aliphatic rings. The second-order valence-corrected chi connectivity index (χ2v) is 5.58. The summed E-state index contributed by atoms with van der Waals surface area (Å²) in [6.45, 7) is 9.38. The fourth-order valence-electron chi connectivity index (χ4n) is 3.04. The van der Waals surface area contributed by atoms with E-state index in [-0.39, 0.29) is 0 Å². The molecular weight excluding hydrogens is 238 g/mol. The number of nitrogens with zero attached hydrogens (tertiary/aromatic N) is 4. The van der Waals surface area contributed by atoms with Crippen molar-refractivity contribution >= 4 is 0 Å². The Labute approximate surface area is 116 Å². The van der Waals surface area contributed by atoms with E-state index in [0.29, 0.717) is 18.6 Å². The molecule has 2 rings (SSSR count). The van der Waals surface area contributed by atoms with Gasteiger partial charge in [0, 0.05) is 44.0 Å². The molecule has 1 fully saturated rings. The summed E-state index contributed by atoms with van der Waals surface area (Å²) in [6, 6.07) is 0.827. The van der Waals surface area contributed by atoms with Crippen LogP contribution in [-0.4, -0.2) is 58.8 Å². The summed E-state index contributed by atoms with van der Waals surface area (Å²) < 4.78 is 1.98. The highest BCUT2D eigenvalue weighted by Crippen LogP contribution is 2.24. The summed E-state index contributed by atoms with van der Waals surface area (Å²) in [5, 5.41) is 4.39. The van der Waals surface area contributed by atoms with Gasteiger partial charge in [0.05, 0.1) is 12.2 Å². The standard InChI is InChI=1S/C14H27N5/c1-4-18-11-13(9-16-18)14(8-15)19-7-5-6-17(3)10-12(19)2/h9,11-12,14H,4-8,10,15H2,1-3H3. The third kappa shape index (κ3) is 3.35. The van der Waals surface area contributed by atoms with Crippen LogP contribution in [0.25, 0.3) is 0 Å². The second-order valence-electron chi connectivity index (χ2n) is 5.58. The first-order valence-corrected chi connectivity index (χ1v) is 7.32. The van der Waals surface area contributed by atoms with Gasteiger partial charge in [-0.3, -0.25) is 9.58 Å². The maximum absolute atomic E-state index is 6.04. The summed E-state index contributed by atoms with van der Waals surface area (Å²) in [5.41, 5.74) is 7.29. The number of aryl methyl sites for hydroxylation is 1. The minimum absolute atomic E-state index is 0.293. The monoisotopic (exact) mass is 265 g/mol. The molecule has 0 amide bonds. The van der Waals surface area contributed by atoms with E-state index in [9.17, 15) is 0 Å². The Kier molecular flexibility index (Phi) is 4.96. The van der Waals surface area contributed by atoms with Gasteiger partial charge < -0.3 is 10.6 Å². The van der Waals surface area contributed by atoms with Crippen LogP contribution in [0.2, 0.25) is 0 Å². The first-order chi connectivity index (χ1) is 9.15. The predicted octanol–water partition coefficient (Wildman–Crippen LogP) is 0.929. The molecule has 5 heteroatoms. The lowest BCUT2D eigenvalue weighted by Gasteiger charge is -2.34. The maximum atomic E-state index is 6.04. The molecule has 1 aliphatic heterocycles. The quantitative estimate of drug-likeness (QED) is 0.880. The Morgan fingerprint density at radius 1 is 1.47 bits per heavy atom. The van der Waals surface area contributed by atoms with Gasteiger partial charge in [0.25, 0.3) is 0 Å². The van der Waals surface area contributed by atoms with Crippen LogP contribution in [0, 0.1) is 0 Å². The van der Waals surface area contributed by atoms with Crippen molar-refractivity contribution in [1.29, 1.82) is 0 Å². The minimum Gasteiger partial charge on any atom is -0.329 e. The highest BCUT2D eigenvalue weighted by Gasteiger charge is 2.27. The van der Waals surface area contributed by atoms with Crippen LogP contribution in [0.5, 0.6) is 0 Å². The van der Waals surface area contributed by atoms with Crippen molar-refractivity contribution in [1.82, 2.24) is 19.6 Å². The SMILES string of the molecule is CCn1cc(C(CN)N2CCCN(C)CC2C)cn1. The topological polar surface area (TPSA) is 50.3 Å². The highest BCUT2D eigenvalue weighted by atomic mass is 15.3. The number of aromatic nitrogens is 2. The molecule has 0 aliphatic carbocycles. The van der Waals surface area contributed by atoms with E-state index >= 15 is 0 Å². The molecular formula is C14H27N5. The fourth-order valence-corrected chi connectivity index (χ4v) is 3.04. The van der Waals surface area contributed by atoms with Crippen LogP contribution in [0.3, 0.4) is 0 Å². The molecule has 2 N–H and O–H groups in total. The molecule has 0 aromatic carbocycles. The van der Waals surface area contributed by atoms with Crippen molar-refractivity contribution in [2.24, 2.45) is 5.73 Å². The maximum Gasteiger partial charge on any atom is 0.0538 e. The number of hydrogen-bond acceptors (Lipinski definition) is 4. The predicted molar refractivity (Wildman–Crippen MR) is 78.0 cm³/mol. The van der Waals surface area contributed by atoms with Crippen LogP contribution in [0.15, 0.2) is 12.4 Å². The third-order valence-corrected chi connectivity index (χ3v) is 4.08. The van der Waals surface area contributed by atoms with E-state index in [1.54, 1.807) is 0 Å². The molecule has 5 nitrogen and oxygen atoms in total. The Morgan fingerprint density at radius 3 is 2.89 bits per heavy atom. The Hall–Kier alpha value is -0.910. The zero-order valence-corrected chi connectivity index (χ0v) is 12.4. The molecule has 1 aromatic heterocycles. The van der Waals surface area contributed by atoms with E-state index in [1.807, 2.05) is 10.9 Å². The molecule has 1 saturated heterocycles. The average Bonchev–Trinajstić information content (AvgIpc) is 2.79. The molecule has 0 bridgehead atoms. The van der Waals surface area contributed by atoms with Crippen molar-refractivity contribution in [3.05, 3.63) is 18.0 Å². The summed E-state index contributed by atoms with van der Waals surface area (Å²) >= 11 is 0. The van der Waals surface area contributed by atoms with Gasteiger partial charge in [-0.25, -0.2) is 0 Å². The van der Waals surface area contributed by atoms with Gasteiger partial charge in [-0.1, -0.05) is 0 Å². The Bertz CT molecular complexity index is 389. The molecule has 0 radical (unpaired) electrons. The molecule has 108 valence electrons. The van der Waals surface area contributed by atoms with E-state index < -0.39 is 0 Å². The number of nitrogens with two attached hydrogens (primary N) is 1. The summed E-state index contributed by atoms with van der Waals surface area (Å²) in [5.74, 6) is 0. The lowest BCUT2D eigenvalue weighted by atomic mass is 10.1. The van der Waals surface area contributed by atoms with Crippen molar-refractivity contribution in [3.8, 4) is 0 Å².